The van der Waals surface area contributed by atoms with Crippen LogP contribution in [-0.4, -0.2) is 33.4 Å². The number of carboxylic acids is 1. The zero-order chi connectivity index (χ0) is 18.6. The molecular formula is C18H18ClFN2O3. The molecule has 1 aromatic heterocycles. The lowest BCUT2D eigenvalue weighted by Gasteiger charge is -2.23. The summed E-state index contributed by atoms with van der Waals surface area (Å²) in [4.78, 5) is 29.3. The highest BCUT2D eigenvalue weighted by atomic mass is 35.5. The third-order valence-corrected chi connectivity index (χ3v) is 4.08. The fourth-order valence-corrected chi connectivity index (χ4v) is 2.69. The van der Waals surface area contributed by atoms with Gasteiger partial charge in [-0.15, -0.1) is 0 Å². The van der Waals surface area contributed by atoms with Gasteiger partial charge >= 0.3 is 5.97 Å². The third-order valence-electron chi connectivity index (χ3n) is 3.73. The van der Waals surface area contributed by atoms with Crippen LogP contribution in [-0.2, 0) is 6.54 Å². The molecule has 2 rings (SSSR count). The number of aromatic carboxylic acids is 1. The Morgan fingerprint density at radius 1 is 1.28 bits per heavy atom. The predicted octanol–water partition coefficient (Wildman–Crippen LogP) is 3.93. The molecule has 0 spiro atoms. The number of nitrogens with zero attached hydrogens (tertiary/aromatic N) is 2. The summed E-state index contributed by atoms with van der Waals surface area (Å²) in [5.74, 6) is -1.99. The fraction of sp³-hybridized carbons (Fsp3) is 0.278. The molecule has 132 valence electrons. The third kappa shape index (κ3) is 4.33. The molecule has 0 saturated carbocycles. The molecule has 0 radical (unpaired) electrons. The van der Waals surface area contributed by atoms with Crippen LogP contribution in [0.4, 0.5) is 4.39 Å². The van der Waals surface area contributed by atoms with E-state index in [1.807, 2.05) is 6.92 Å². The molecule has 0 saturated heterocycles. The Labute approximate surface area is 150 Å². The second-order valence-corrected chi connectivity index (χ2v) is 5.97. The van der Waals surface area contributed by atoms with Crippen LogP contribution >= 0.6 is 11.6 Å². The normalized spacial score (nSPS) is 10.6. The van der Waals surface area contributed by atoms with Crippen molar-refractivity contribution in [1.29, 1.82) is 0 Å². The van der Waals surface area contributed by atoms with Gasteiger partial charge in [-0.3, -0.25) is 4.79 Å². The van der Waals surface area contributed by atoms with Crippen molar-refractivity contribution in [2.24, 2.45) is 0 Å². The van der Waals surface area contributed by atoms with E-state index in [-0.39, 0.29) is 34.1 Å². The van der Waals surface area contributed by atoms with Gasteiger partial charge in [0, 0.05) is 17.1 Å². The van der Waals surface area contributed by atoms with Crippen LogP contribution in [0.1, 0.15) is 45.4 Å². The van der Waals surface area contributed by atoms with Crippen molar-refractivity contribution in [3.8, 4) is 0 Å². The average Bonchev–Trinajstić information content (AvgIpc) is 2.56. The standard InChI is InChI=1S/C18H18ClFN2O3/c1-3-9-22(10-13-14(19)5-4-6-15(13)20)17(23)16-8-7-12(18(24)25)11(2)21-16/h4-8H,3,9-10H2,1-2H3,(H,24,25). The fourth-order valence-electron chi connectivity index (χ4n) is 2.46. The second-order valence-electron chi connectivity index (χ2n) is 5.56. The monoisotopic (exact) mass is 364 g/mol. The summed E-state index contributed by atoms with van der Waals surface area (Å²) in [5, 5.41) is 9.30. The zero-order valence-electron chi connectivity index (χ0n) is 13.9. The molecule has 0 aliphatic heterocycles. The number of hydrogen-bond acceptors (Lipinski definition) is 3. The number of hydrogen-bond donors (Lipinski definition) is 1. The van der Waals surface area contributed by atoms with Gasteiger partial charge in [0.15, 0.2) is 0 Å². The zero-order valence-corrected chi connectivity index (χ0v) is 14.7. The van der Waals surface area contributed by atoms with Crippen LogP contribution in [0.15, 0.2) is 30.3 Å². The Hall–Kier alpha value is -2.47. The highest BCUT2D eigenvalue weighted by Crippen LogP contribution is 2.22. The van der Waals surface area contributed by atoms with Crippen molar-refractivity contribution in [1.82, 2.24) is 9.88 Å². The van der Waals surface area contributed by atoms with Crippen molar-refractivity contribution in [2.45, 2.75) is 26.8 Å². The van der Waals surface area contributed by atoms with Gasteiger partial charge in [-0.1, -0.05) is 24.6 Å². The molecule has 0 fully saturated rings. The SMILES string of the molecule is CCCN(Cc1c(F)cccc1Cl)C(=O)c1ccc(C(=O)O)c(C)n1. The topological polar surface area (TPSA) is 70.5 Å². The van der Waals surface area contributed by atoms with E-state index in [0.717, 1.165) is 0 Å². The number of carboxylic acid groups (broad SMARTS) is 1. The van der Waals surface area contributed by atoms with E-state index in [9.17, 15) is 14.0 Å². The molecule has 0 bridgehead atoms. The number of aromatic nitrogens is 1. The van der Waals surface area contributed by atoms with E-state index in [1.165, 1.54) is 36.1 Å². The predicted molar refractivity (Wildman–Crippen MR) is 92.4 cm³/mol. The van der Waals surface area contributed by atoms with Crippen LogP contribution < -0.4 is 0 Å². The first-order valence-electron chi connectivity index (χ1n) is 7.78. The van der Waals surface area contributed by atoms with Gasteiger partial charge in [0.2, 0.25) is 0 Å². The molecule has 1 amide bonds. The van der Waals surface area contributed by atoms with E-state index in [0.29, 0.717) is 13.0 Å². The van der Waals surface area contributed by atoms with E-state index in [1.54, 1.807) is 6.07 Å². The number of amides is 1. The molecular weight excluding hydrogens is 347 g/mol. The summed E-state index contributed by atoms with van der Waals surface area (Å²) in [7, 11) is 0. The highest BCUT2D eigenvalue weighted by Gasteiger charge is 2.21. The Morgan fingerprint density at radius 3 is 2.56 bits per heavy atom. The van der Waals surface area contributed by atoms with Gasteiger partial charge in [-0.2, -0.15) is 0 Å². The Balaban J connectivity index is 2.32. The van der Waals surface area contributed by atoms with Crippen LogP contribution in [0, 0.1) is 12.7 Å². The first kappa shape index (κ1) is 18.9. The van der Waals surface area contributed by atoms with Crippen LogP contribution in [0.5, 0.6) is 0 Å². The second kappa shape index (κ2) is 8.07. The first-order chi connectivity index (χ1) is 11.8. The van der Waals surface area contributed by atoms with Gasteiger partial charge < -0.3 is 10.0 Å². The minimum absolute atomic E-state index is 0.0135. The van der Waals surface area contributed by atoms with E-state index in [4.69, 9.17) is 16.7 Å². The smallest absolute Gasteiger partial charge is 0.337 e. The average molecular weight is 365 g/mol. The molecule has 0 aliphatic rings. The Morgan fingerprint density at radius 2 is 2.00 bits per heavy atom. The van der Waals surface area contributed by atoms with Gasteiger partial charge in [-0.25, -0.2) is 14.2 Å². The summed E-state index contributed by atoms with van der Waals surface area (Å²) >= 11 is 6.05. The molecule has 25 heavy (non-hydrogen) atoms. The van der Waals surface area contributed by atoms with Gasteiger partial charge in [-0.05, 0) is 37.6 Å². The maximum Gasteiger partial charge on any atom is 0.337 e. The van der Waals surface area contributed by atoms with Crippen LogP contribution in [0.25, 0.3) is 0 Å². The molecule has 1 heterocycles. The van der Waals surface area contributed by atoms with Crippen molar-refractivity contribution >= 4 is 23.5 Å². The van der Waals surface area contributed by atoms with Gasteiger partial charge in [0.1, 0.15) is 11.5 Å². The van der Waals surface area contributed by atoms with Gasteiger partial charge in [0.25, 0.3) is 5.91 Å². The Kier molecular flexibility index (Phi) is 6.09. The lowest BCUT2D eigenvalue weighted by Crippen LogP contribution is -2.32. The summed E-state index contributed by atoms with van der Waals surface area (Å²) in [6.07, 6.45) is 0.671. The summed E-state index contributed by atoms with van der Waals surface area (Å²) in [6.45, 7) is 3.83. The van der Waals surface area contributed by atoms with E-state index < -0.39 is 17.7 Å². The van der Waals surface area contributed by atoms with Crippen LogP contribution in [0.2, 0.25) is 5.02 Å². The Bertz CT molecular complexity index is 791. The minimum Gasteiger partial charge on any atom is -0.478 e. The number of benzene rings is 1. The van der Waals surface area contributed by atoms with Crippen molar-refractivity contribution in [3.05, 3.63) is 63.7 Å². The van der Waals surface area contributed by atoms with Crippen molar-refractivity contribution < 1.29 is 19.1 Å². The largest absolute Gasteiger partial charge is 0.478 e. The highest BCUT2D eigenvalue weighted by molar-refractivity contribution is 6.31. The molecule has 0 unspecified atom stereocenters. The minimum atomic E-state index is -1.10. The molecule has 0 atom stereocenters. The van der Waals surface area contributed by atoms with Crippen molar-refractivity contribution in [2.75, 3.05) is 6.54 Å². The number of aryl methyl sites for hydroxylation is 1. The molecule has 1 aromatic carbocycles. The number of carbonyl (C=O) groups is 2. The van der Waals surface area contributed by atoms with Gasteiger partial charge in [0.05, 0.1) is 17.8 Å². The molecule has 5 nitrogen and oxygen atoms in total. The number of pyridine rings is 1. The van der Waals surface area contributed by atoms with Crippen LogP contribution in [0.3, 0.4) is 0 Å². The number of rotatable bonds is 6. The molecule has 7 heteroatoms. The quantitative estimate of drug-likeness (QED) is 0.843. The molecule has 2 aromatic rings. The lowest BCUT2D eigenvalue weighted by molar-refractivity contribution is 0.0690. The first-order valence-corrected chi connectivity index (χ1v) is 8.16. The maximum absolute atomic E-state index is 14.0. The molecule has 1 N–H and O–H groups in total. The van der Waals surface area contributed by atoms with E-state index in [2.05, 4.69) is 4.98 Å². The molecule has 0 aliphatic carbocycles. The number of carbonyl (C=O) groups excluding carboxylic acids is 1. The lowest BCUT2D eigenvalue weighted by atomic mass is 10.1. The summed E-state index contributed by atoms with van der Waals surface area (Å²) < 4.78 is 14.0. The van der Waals surface area contributed by atoms with E-state index >= 15 is 0 Å². The summed E-state index contributed by atoms with van der Waals surface area (Å²) in [6, 6.07) is 7.07. The summed E-state index contributed by atoms with van der Waals surface area (Å²) in [5.41, 5.74) is 0.641. The maximum atomic E-state index is 14.0. The number of halogens is 2. The van der Waals surface area contributed by atoms with Crippen molar-refractivity contribution in [3.63, 3.8) is 0 Å².